The van der Waals surface area contributed by atoms with E-state index in [1.54, 1.807) is 0 Å². The molecule has 0 saturated heterocycles. The van der Waals surface area contributed by atoms with E-state index in [9.17, 15) is 0 Å². The average Bonchev–Trinajstić information content (AvgIpc) is 2.60. The summed E-state index contributed by atoms with van der Waals surface area (Å²) in [4.78, 5) is 0. The van der Waals surface area contributed by atoms with Gasteiger partial charge in [0.05, 0.1) is 5.38 Å². The molecule has 0 N–H and O–H groups in total. The van der Waals surface area contributed by atoms with Crippen molar-refractivity contribution in [2.24, 2.45) is 5.92 Å². The molecule has 0 aromatic heterocycles. The number of hydrogen-bond acceptors (Lipinski definition) is 0. The molecule has 0 aliphatic heterocycles. The highest BCUT2D eigenvalue weighted by molar-refractivity contribution is 6.30. The van der Waals surface area contributed by atoms with E-state index in [0.29, 0.717) is 5.92 Å². The lowest BCUT2D eigenvalue weighted by Crippen LogP contribution is -2.10. The van der Waals surface area contributed by atoms with E-state index >= 15 is 0 Å². The number of fused-ring (bicyclic) bond motifs is 1. The Hall–Kier alpha value is -0.980. The number of aryl methyl sites for hydroxylation is 1. The van der Waals surface area contributed by atoms with Crippen LogP contribution in [0.25, 0.3) is 0 Å². The molecule has 1 aliphatic rings. The fraction of sp³-hybridized carbons (Fsp3) is 0.333. The standard InChI is InChI=1S/C18H18Cl2/c19-16-9-3-5-13(12-16)11-15-8-4-7-14-6-1-2-10-17(14)18(15)20/h1-3,5-6,9-10,12,15,18H,4,7-8,11H2. The van der Waals surface area contributed by atoms with Gasteiger partial charge in [-0.15, -0.1) is 11.6 Å². The highest BCUT2D eigenvalue weighted by Crippen LogP contribution is 2.39. The monoisotopic (exact) mass is 304 g/mol. The lowest BCUT2D eigenvalue weighted by atomic mass is 9.90. The first-order valence-corrected chi connectivity index (χ1v) is 8.02. The first-order valence-electron chi connectivity index (χ1n) is 7.20. The summed E-state index contributed by atoms with van der Waals surface area (Å²) in [5.41, 5.74) is 4.02. The average molecular weight is 305 g/mol. The lowest BCUT2D eigenvalue weighted by molar-refractivity contribution is 0.465. The molecule has 2 unspecified atom stereocenters. The van der Waals surface area contributed by atoms with Crippen molar-refractivity contribution in [2.75, 3.05) is 0 Å². The number of halogens is 2. The zero-order valence-corrected chi connectivity index (χ0v) is 12.9. The summed E-state index contributed by atoms with van der Waals surface area (Å²) in [6.45, 7) is 0. The van der Waals surface area contributed by atoms with Crippen molar-refractivity contribution < 1.29 is 0 Å². The predicted molar refractivity (Wildman–Crippen MR) is 86.6 cm³/mol. The van der Waals surface area contributed by atoms with E-state index in [1.807, 2.05) is 12.1 Å². The third-order valence-electron chi connectivity index (χ3n) is 4.17. The quantitative estimate of drug-likeness (QED) is 0.485. The van der Waals surface area contributed by atoms with Gasteiger partial charge >= 0.3 is 0 Å². The van der Waals surface area contributed by atoms with E-state index in [4.69, 9.17) is 23.2 Å². The fourth-order valence-corrected chi connectivity index (χ4v) is 3.80. The van der Waals surface area contributed by atoms with Gasteiger partial charge in [-0.3, -0.25) is 0 Å². The Labute approximate surface area is 130 Å². The van der Waals surface area contributed by atoms with Crippen LogP contribution in [-0.4, -0.2) is 0 Å². The molecule has 0 nitrogen and oxygen atoms in total. The topological polar surface area (TPSA) is 0 Å². The minimum absolute atomic E-state index is 0.104. The highest BCUT2D eigenvalue weighted by atomic mass is 35.5. The van der Waals surface area contributed by atoms with Gasteiger partial charge in [-0.25, -0.2) is 0 Å². The summed E-state index contributed by atoms with van der Waals surface area (Å²) in [6, 6.07) is 16.7. The molecule has 2 aromatic carbocycles. The third-order valence-corrected chi connectivity index (χ3v) is 5.00. The van der Waals surface area contributed by atoms with Crippen LogP contribution in [0.4, 0.5) is 0 Å². The van der Waals surface area contributed by atoms with E-state index in [-0.39, 0.29) is 5.38 Å². The summed E-state index contributed by atoms with van der Waals surface area (Å²) in [5, 5.41) is 0.912. The van der Waals surface area contributed by atoms with Crippen LogP contribution in [0.3, 0.4) is 0 Å². The summed E-state index contributed by atoms with van der Waals surface area (Å²) >= 11 is 12.9. The number of hydrogen-bond donors (Lipinski definition) is 0. The zero-order valence-electron chi connectivity index (χ0n) is 11.4. The first kappa shape index (κ1) is 14.0. The molecule has 0 bridgehead atoms. The number of benzene rings is 2. The Bertz CT molecular complexity index is 591. The van der Waals surface area contributed by atoms with Gasteiger partial charge in [-0.2, -0.15) is 0 Å². The van der Waals surface area contributed by atoms with Crippen LogP contribution >= 0.6 is 23.2 Å². The second kappa shape index (κ2) is 6.20. The Morgan fingerprint density at radius 1 is 1.05 bits per heavy atom. The maximum Gasteiger partial charge on any atom is 0.0619 e. The molecule has 104 valence electrons. The van der Waals surface area contributed by atoms with Gasteiger partial charge < -0.3 is 0 Å². The fourth-order valence-electron chi connectivity index (χ4n) is 3.16. The molecule has 0 saturated carbocycles. The molecule has 2 atom stereocenters. The molecule has 0 spiro atoms. The Kier molecular flexibility index (Phi) is 4.33. The summed E-state index contributed by atoms with van der Waals surface area (Å²) in [7, 11) is 0. The number of rotatable bonds is 2. The van der Waals surface area contributed by atoms with Crippen LogP contribution in [0.15, 0.2) is 48.5 Å². The molecule has 1 aliphatic carbocycles. The molecular formula is C18H18Cl2. The van der Waals surface area contributed by atoms with Crippen molar-refractivity contribution in [3.8, 4) is 0 Å². The SMILES string of the molecule is Clc1cccc(CC2CCCc3ccccc3C2Cl)c1. The van der Waals surface area contributed by atoms with Crippen molar-refractivity contribution in [3.63, 3.8) is 0 Å². The van der Waals surface area contributed by atoms with Gasteiger partial charge in [-0.05, 0) is 60.4 Å². The van der Waals surface area contributed by atoms with Crippen LogP contribution in [0.5, 0.6) is 0 Å². The molecule has 2 heteroatoms. The van der Waals surface area contributed by atoms with Crippen LogP contribution in [0.2, 0.25) is 5.02 Å². The third kappa shape index (κ3) is 3.02. The largest absolute Gasteiger partial charge is 0.117 e. The maximum absolute atomic E-state index is 6.77. The molecule has 3 rings (SSSR count). The lowest BCUT2D eigenvalue weighted by Gasteiger charge is -2.21. The second-order valence-corrected chi connectivity index (χ2v) is 6.49. The van der Waals surface area contributed by atoms with E-state index < -0.39 is 0 Å². The van der Waals surface area contributed by atoms with Gasteiger partial charge in [0.1, 0.15) is 0 Å². The smallest absolute Gasteiger partial charge is 0.0619 e. The van der Waals surface area contributed by atoms with Crippen molar-refractivity contribution in [2.45, 2.75) is 31.1 Å². The summed E-state index contributed by atoms with van der Waals surface area (Å²) < 4.78 is 0. The van der Waals surface area contributed by atoms with Crippen LogP contribution in [0.1, 0.15) is 34.9 Å². The number of alkyl halides is 1. The van der Waals surface area contributed by atoms with E-state index in [1.165, 1.54) is 29.5 Å². The van der Waals surface area contributed by atoms with Gasteiger partial charge in [0.2, 0.25) is 0 Å². The molecule has 20 heavy (non-hydrogen) atoms. The Morgan fingerprint density at radius 2 is 1.90 bits per heavy atom. The summed E-state index contributed by atoms with van der Waals surface area (Å²) in [6.07, 6.45) is 4.54. The second-order valence-electron chi connectivity index (χ2n) is 5.59. The van der Waals surface area contributed by atoms with Crippen molar-refractivity contribution in [1.29, 1.82) is 0 Å². The molecule has 2 aromatic rings. The van der Waals surface area contributed by atoms with E-state index in [0.717, 1.165) is 17.9 Å². The molecule has 0 radical (unpaired) electrons. The molecule has 0 amide bonds. The molecule has 0 fully saturated rings. The Morgan fingerprint density at radius 3 is 2.75 bits per heavy atom. The van der Waals surface area contributed by atoms with Crippen molar-refractivity contribution >= 4 is 23.2 Å². The predicted octanol–water partition coefficient (Wildman–Crippen LogP) is 5.82. The van der Waals surface area contributed by atoms with Crippen molar-refractivity contribution in [3.05, 3.63) is 70.2 Å². The van der Waals surface area contributed by atoms with Gasteiger partial charge in [0, 0.05) is 5.02 Å². The zero-order chi connectivity index (χ0) is 13.9. The van der Waals surface area contributed by atoms with Crippen LogP contribution in [-0.2, 0) is 12.8 Å². The maximum atomic E-state index is 6.77. The van der Waals surface area contributed by atoms with Gasteiger partial charge in [0.15, 0.2) is 0 Å². The minimum Gasteiger partial charge on any atom is -0.117 e. The highest BCUT2D eigenvalue weighted by Gasteiger charge is 2.25. The van der Waals surface area contributed by atoms with Crippen LogP contribution < -0.4 is 0 Å². The van der Waals surface area contributed by atoms with E-state index in [2.05, 4.69) is 36.4 Å². The van der Waals surface area contributed by atoms with Gasteiger partial charge in [-0.1, -0.05) is 48.0 Å². The first-order chi connectivity index (χ1) is 9.74. The normalized spacial score (nSPS) is 22.1. The summed E-state index contributed by atoms with van der Waals surface area (Å²) in [5.74, 6) is 0.485. The molecule has 0 heterocycles. The Balaban J connectivity index is 1.84. The minimum atomic E-state index is 0.104. The van der Waals surface area contributed by atoms with Crippen molar-refractivity contribution in [1.82, 2.24) is 0 Å². The van der Waals surface area contributed by atoms with Crippen LogP contribution in [0, 0.1) is 5.92 Å². The molecular weight excluding hydrogens is 287 g/mol. The van der Waals surface area contributed by atoms with Gasteiger partial charge in [0.25, 0.3) is 0 Å².